The summed E-state index contributed by atoms with van der Waals surface area (Å²) in [5.41, 5.74) is 6.85. The smallest absolute Gasteiger partial charge is 0.119 e. The lowest BCUT2D eigenvalue weighted by Crippen LogP contribution is -2.05. The van der Waals surface area contributed by atoms with Crippen molar-refractivity contribution in [2.75, 3.05) is 0 Å². The molecular weight excluding hydrogens is 356 g/mol. The van der Waals surface area contributed by atoms with Gasteiger partial charge in [-0.25, -0.2) is 4.98 Å². The third-order valence-electron chi connectivity index (χ3n) is 4.91. The zero-order valence-electron chi connectivity index (χ0n) is 17.2. The summed E-state index contributed by atoms with van der Waals surface area (Å²) in [5.74, 6) is 0.882. The first-order chi connectivity index (χ1) is 14.1. The maximum Gasteiger partial charge on any atom is 0.119 e. The molecule has 0 amide bonds. The van der Waals surface area contributed by atoms with Gasteiger partial charge in [-0.05, 0) is 73.4 Å². The first-order valence-electron chi connectivity index (χ1n) is 10.1. The van der Waals surface area contributed by atoms with E-state index < -0.39 is 0 Å². The van der Waals surface area contributed by atoms with Crippen molar-refractivity contribution in [3.8, 4) is 11.4 Å². The fourth-order valence-electron chi connectivity index (χ4n) is 3.35. The highest BCUT2D eigenvalue weighted by Crippen LogP contribution is 2.23. The Morgan fingerprint density at radius 3 is 2.28 bits per heavy atom. The summed E-state index contributed by atoms with van der Waals surface area (Å²) in [7, 11) is 0. The Bertz CT molecular complexity index is 1120. The van der Waals surface area contributed by atoms with Gasteiger partial charge in [0.15, 0.2) is 0 Å². The number of benzene rings is 3. The molecule has 1 aromatic heterocycles. The summed E-state index contributed by atoms with van der Waals surface area (Å²) in [4.78, 5) is 4.60. The normalized spacial score (nSPS) is 11.6. The van der Waals surface area contributed by atoms with E-state index >= 15 is 0 Å². The molecule has 4 aromatic rings. The Hall–Kier alpha value is -3.33. The Labute approximate surface area is 172 Å². The van der Waals surface area contributed by atoms with E-state index in [2.05, 4.69) is 83.2 Å². The highest BCUT2D eigenvalue weighted by atomic mass is 16.5. The molecule has 0 unspecified atom stereocenters. The Kier molecular flexibility index (Phi) is 5.48. The molecule has 0 bridgehead atoms. The summed E-state index contributed by atoms with van der Waals surface area (Å²) >= 11 is 0. The first-order valence-corrected chi connectivity index (χ1v) is 10.1. The van der Waals surface area contributed by atoms with E-state index in [1.807, 2.05) is 32.3 Å². The van der Waals surface area contributed by atoms with E-state index in [0.717, 1.165) is 34.5 Å². The average molecular weight is 383 g/mol. The van der Waals surface area contributed by atoms with E-state index in [4.69, 9.17) is 4.74 Å². The van der Waals surface area contributed by atoms with Crippen LogP contribution in [0.3, 0.4) is 0 Å². The molecule has 3 nitrogen and oxygen atoms in total. The van der Waals surface area contributed by atoms with E-state index in [9.17, 15) is 0 Å². The standard InChI is InChI=1S/C26H26N2O/c1-4-20-5-7-21(8-6-20)9-10-22-11-16-26-25(17-22)27-18-28(26)23-12-14-24(15-13-23)29-19(2)3/h5-19H,4H2,1-3H3/b10-9-. The van der Waals surface area contributed by atoms with Crippen LogP contribution in [0.1, 0.15) is 37.5 Å². The molecular formula is C26H26N2O. The van der Waals surface area contributed by atoms with Crippen LogP contribution in [0.25, 0.3) is 28.9 Å². The Morgan fingerprint density at radius 1 is 0.897 bits per heavy atom. The van der Waals surface area contributed by atoms with Gasteiger partial charge in [0.1, 0.15) is 12.1 Å². The van der Waals surface area contributed by atoms with Crippen molar-refractivity contribution >= 4 is 23.2 Å². The van der Waals surface area contributed by atoms with Crippen LogP contribution in [0.2, 0.25) is 0 Å². The minimum Gasteiger partial charge on any atom is -0.491 e. The summed E-state index contributed by atoms with van der Waals surface area (Å²) < 4.78 is 7.84. The van der Waals surface area contributed by atoms with Crippen molar-refractivity contribution in [3.63, 3.8) is 0 Å². The molecule has 0 atom stereocenters. The Morgan fingerprint density at radius 2 is 1.59 bits per heavy atom. The zero-order chi connectivity index (χ0) is 20.2. The topological polar surface area (TPSA) is 27.1 Å². The molecule has 4 rings (SSSR count). The van der Waals surface area contributed by atoms with Crippen LogP contribution < -0.4 is 4.74 Å². The van der Waals surface area contributed by atoms with E-state index in [1.165, 1.54) is 11.1 Å². The number of rotatable bonds is 6. The van der Waals surface area contributed by atoms with Crippen LogP contribution >= 0.6 is 0 Å². The number of fused-ring (bicyclic) bond motifs is 1. The van der Waals surface area contributed by atoms with Crippen LogP contribution in [-0.2, 0) is 6.42 Å². The predicted octanol–water partition coefficient (Wildman–Crippen LogP) is 6.55. The average Bonchev–Trinajstić information content (AvgIpc) is 3.16. The van der Waals surface area contributed by atoms with Crippen LogP contribution in [-0.4, -0.2) is 15.7 Å². The largest absolute Gasteiger partial charge is 0.491 e. The minimum atomic E-state index is 0.172. The highest BCUT2D eigenvalue weighted by molar-refractivity contribution is 5.82. The lowest BCUT2D eigenvalue weighted by atomic mass is 10.1. The molecule has 146 valence electrons. The second-order valence-corrected chi connectivity index (χ2v) is 7.45. The van der Waals surface area contributed by atoms with Crippen LogP contribution in [0.4, 0.5) is 0 Å². The van der Waals surface area contributed by atoms with Crippen LogP contribution in [0.5, 0.6) is 5.75 Å². The van der Waals surface area contributed by atoms with Gasteiger partial charge in [-0.3, -0.25) is 4.57 Å². The van der Waals surface area contributed by atoms with Gasteiger partial charge in [0, 0.05) is 5.69 Å². The van der Waals surface area contributed by atoms with Crippen molar-refractivity contribution in [1.29, 1.82) is 0 Å². The third-order valence-corrected chi connectivity index (χ3v) is 4.91. The molecule has 0 fully saturated rings. The number of nitrogens with zero attached hydrogens (tertiary/aromatic N) is 2. The summed E-state index contributed by atoms with van der Waals surface area (Å²) in [5, 5.41) is 0. The van der Waals surface area contributed by atoms with E-state index in [1.54, 1.807) is 0 Å². The molecule has 1 heterocycles. The van der Waals surface area contributed by atoms with Gasteiger partial charge in [0.05, 0.1) is 17.1 Å². The molecule has 3 heteroatoms. The van der Waals surface area contributed by atoms with Crippen molar-refractivity contribution in [1.82, 2.24) is 9.55 Å². The number of aryl methyl sites for hydroxylation is 1. The van der Waals surface area contributed by atoms with Crippen LogP contribution in [0, 0.1) is 0 Å². The molecule has 0 aliphatic carbocycles. The van der Waals surface area contributed by atoms with Gasteiger partial charge in [0.2, 0.25) is 0 Å². The molecule has 29 heavy (non-hydrogen) atoms. The molecule has 0 N–H and O–H groups in total. The molecule has 0 radical (unpaired) electrons. The number of hydrogen-bond donors (Lipinski definition) is 0. The maximum absolute atomic E-state index is 5.73. The third kappa shape index (κ3) is 4.40. The fourth-order valence-corrected chi connectivity index (χ4v) is 3.35. The molecule has 3 aromatic carbocycles. The van der Waals surface area contributed by atoms with Crippen molar-refractivity contribution in [3.05, 3.63) is 89.7 Å². The maximum atomic E-state index is 5.73. The number of ether oxygens (including phenoxy) is 1. The lowest BCUT2D eigenvalue weighted by molar-refractivity contribution is 0.242. The SMILES string of the molecule is CCc1ccc(/C=C\c2ccc3c(c2)ncn3-c2ccc(OC(C)C)cc2)cc1. The molecule has 0 aliphatic rings. The molecule has 0 spiro atoms. The molecule has 0 saturated heterocycles. The summed E-state index contributed by atoms with van der Waals surface area (Å²) in [6, 6.07) is 23.2. The van der Waals surface area contributed by atoms with Crippen molar-refractivity contribution in [2.45, 2.75) is 33.3 Å². The van der Waals surface area contributed by atoms with Crippen molar-refractivity contribution < 1.29 is 4.74 Å². The van der Waals surface area contributed by atoms with Crippen LogP contribution in [0.15, 0.2) is 73.1 Å². The van der Waals surface area contributed by atoms with Gasteiger partial charge < -0.3 is 4.74 Å². The highest BCUT2D eigenvalue weighted by Gasteiger charge is 2.06. The van der Waals surface area contributed by atoms with E-state index in [0.29, 0.717) is 0 Å². The predicted molar refractivity (Wildman–Crippen MR) is 122 cm³/mol. The Balaban J connectivity index is 1.56. The van der Waals surface area contributed by atoms with Gasteiger partial charge in [0.25, 0.3) is 0 Å². The minimum absolute atomic E-state index is 0.172. The second-order valence-electron chi connectivity index (χ2n) is 7.45. The van der Waals surface area contributed by atoms with Crippen molar-refractivity contribution in [2.24, 2.45) is 0 Å². The summed E-state index contributed by atoms with van der Waals surface area (Å²) in [6.07, 6.45) is 7.39. The second kappa shape index (κ2) is 8.36. The number of aromatic nitrogens is 2. The first kappa shape index (κ1) is 19.0. The lowest BCUT2D eigenvalue weighted by Gasteiger charge is -2.10. The fraction of sp³-hybridized carbons (Fsp3) is 0.192. The summed E-state index contributed by atoms with van der Waals surface area (Å²) in [6.45, 7) is 6.24. The van der Waals surface area contributed by atoms with Gasteiger partial charge in [-0.2, -0.15) is 0 Å². The van der Waals surface area contributed by atoms with E-state index in [-0.39, 0.29) is 6.10 Å². The molecule has 0 aliphatic heterocycles. The quantitative estimate of drug-likeness (QED) is 0.354. The number of hydrogen-bond acceptors (Lipinski definition) is 2. The van der Waals surface area contributed by atoms with Gasteiger partial charge in [-0.15, -0.1) is 0 Å². The zero-order valence-corrected chi connectivity index (χ0v) is 17.2. The van der Waals surface area contributed by atoms with Gasteiger partial charge in [-0.1, -0.05) is 49.4 Å². The monoisotopic (exact) mass is 382 g/mol. The van der Waals surface area contributed by atoms with Gasteiger partial charge >= 0.3 is 0 Å². The number of imidazole rings is 1. The molecule has 0 saturated carbocycles.